The summed E-state index contributed by atoms with van der Waals surface area (Å²) >= 11 is 0. The molecule has 0 bridgehead atoms. The van der Waals surface area contributed by atoms with Gasteiger partial charge in [-0.05, 0) is 31.0 Å². The van der Waals surface area contributed by atoms with Gasteiger partial charge in [-0.3, -0.25) is 4.79 Å². The molecule has 0 heterocycles. The van der Waals surface area contributed by atoms with Gasteiger partial charge in [0.25, 0.3) is 0 Å². The predicted molar refractivity (Wildman–Crippen MR) is 76.2 cm³/mol. The highest BCUT2D eigenvalue weighted by Gasteiger charge is 2.08. The number of aryl methyl sites for hydroxylation is 1. The van der Waals surface area contributed by atoms with E-state index in [-0.39, 0.29) is 13.0 Å². The van der Waals surface area contributed by atoms with E-state index in [1.165, 1.54) is 0 Å². The van der Waals surface area contributed by atoms with Crippen molar-refractivity contribution in [3.8, 4) is 5.75 Å². The SMILES string of the molecule is CCCOc1cc(C)ccc1NC(=O)NCCC(=O)O. The molecule has 1 aromatic rings. The number of urea groups is 1. The molecule has 2 amide bonds. The maximum Gasteiger partial charge on any atom is 0.319 e. The first-order valence-electron chi connectivity index (χ1n) is 6.53. The van der Waals surface area contributed by atoms with Crippen LogP contribution < -0.4 is 15.4 Å². The number of carbonyl (C=O) groups excluding carboxylic acids is 1. The summed E-state index contributed by atoms with van der Waals surface area (Å²) < 4.78 is 5.57. The highest BCUT2D eigenvalue weighted by Crippen LogP contribution is 2.25. The quantitative estimate of drug-likeness (QED) is 0.715. The third-order valence-corrected chi connectivity index (χ3v) is 2.47. The Morgan fingerprint density at radius 2 is 2.10 bits per heavy atom. The molecule has 0 unspecified atom stereocenters. The molecule has 0 aliphatic carbocycles. The number of anilines is 1. The van der Waals surface area contributed by atoms with Crippen LogP contribution in [0.3, 0.4) is 0 Å². The molecule has 0 atom stereocenters. The van der Waals surface area contributed by atoms with Crippen LogP contribution in [0.25, 0.3) is 0 Å². The molecule has 6 nitrogen and oxygen atoms in total. The van der Waals surface area contributed by atoms with Gasteiger partial charge in [0.15, 0.2) is 0 Å². The van der Waals surface area contributed by atoms with Crippen LogP contribution in [0.15, 0.2) is 18.2 Å². The Hall–Kier alpha value is -2.24. The van der Waals surface area contributed by atoms with Crippen LogP contribution in [0, 0.1) is 6.92 Å². The number of hydrogen-bond donors (Lipinski definition) is 3. The average molecular weight is 280 g/mol. The summed E-state index contributed by atoms with van der Waals surface area (Å²) in [5.41, 5.74) is 1.60. The smallest absolute Gasteiger partial charge is 0.319 e. The largest absolute Gasteiger partial charge is 0.491 e. The fourth-order valence-corrected chi connectivity index (χ4v) is 1.51. The van der Waals surface area contributed by atoms with Crippen LogP contribution in [0.1, 0.15) is 25.3 Å². The Balaban J connectivity index is 2.61. The van der Waals surface area contributed by atoms with Crippen molar-refractivity contribution in [3.63, 3.8) is 0 Å². The van der Waals surface area contributed by atoms with E-state index in [2.05, 4.69) is 10.6 Å². The first-order valence-corrected chi connectivity index (χ1v) is 6.53. The normalized spacial score (nSPS) is 9.90. The molecule has 0 spiro atoms. The van der Waals surface area contributed by atoms with Crippen molar-refractivity contribution in [2.45, 2.75) is 26.7 Å². The van der Waals surface area contributed by atoms with Gasteiger partial charge in [0.2, 0.25) is 0 Å². The van der Waals surface area contributed by atoms with Crippen LogP contribution in [0.2, 0.25) is 0 Å². The Labute approximate surface area is 118 Å². The van der Waals surface area contributed by atoms with Crippen molar-refractivity contribution in [1.82, 2.24) is 5.32 Å². The lowest BCUT2D eigenvalue weighted by molar-refractivity contribution is -0.136. The summed E-state index contributed by atoms with van der Waals surface area (Å²) in [5.74, 6) is -0.340. The predicted octanol–water partition coefficient (Wildman–Crippen LogP) is 2.38. The second-order valence-electron chi connectivity index (χ2n) is 4.37. The Kier molecular flexibility index (Phi) is 6.36. The lowest BCUT2D eigenvalue weighted by Gasteiger charge is -2.13. The number of carbonyl (C=O) groups is 2. The molecule has 20 heavy (non-hydrogen) atoms. The number of rotatable bonds is 7. The summed E-state index contributed by atoms with van der Waals surface area (Å²) in [6, 6.07) is 5.03. The van der Waals surface area contributed by atoms with E-state index in [1.807, 2.05) is 26.0 Å². The topological polar surface area (TPSA) is 87.7 Å². The number of hydrogen-bond acceptors (Lipinski definition) is 3. The van der Waals surface area contributed by atoms with Gasteiger partial charge in [-0.25, -0.2) is 4.79 Å². The lowest BCUT2D eigenvalue weighted by atomic mass is 10.2. The van der Waals surface area contributed by atoms with Crippen LogP contribution in [-0.2, 0) is 4.79 Å². The Morgan fingerprint density at radius 1 is 1.35 bits per heavy atom. The Morgan fingerprint density at radius 3 is 2.75 bits per heavy atom. The highest BCUT2D eigenvalue weighted by molar-refractivity contribution is 5.91. The van der Waals surface area contributed by atoms with Gasteiger partial charge in [0.05, 0.1) is 18.7 Å². The van der Waals surface area contributed by atoms with Crippen molar-refractivity contribution < 1.29 is 19.4 Å². The van der Waals surface area contributed by atoms with Gasteiger partial charge in [-0.2, -0.15) is 0 Å². The number of ether oxygens (including phenoxy) is 1. The van der Waals surface area contributed by atoms with E-state index < -0.39 is 12.0 Å². The molecule has 1 rings (SSSR count). The standard InChI is InChI=1S/C14H20N2O4/c1-3-8-20-12-9-10(2)4-5-11(12)16-14(19)15-7-6-13(17)18/h4-5,9H,3,6-8H2,1-2H3,(H,17,18)(H2,15,16,19). The molecule has 0 radical (unpaired) electrons. The van der Waals surface area contributed by atoms with Gasteiger partial charge < -0.3 is 20.5 Å². The number of aliphatic carboxylic acids is 1. The van der Waals surface area contributed by atoms with Crippen LogP contribution in [0.5, 0.6) is 5.75 Å². The van der Waals surface area contributed by atoms with Gasteiger partial charge in [0, 0.05) is 6.54 Å². The molecule has 0 fully saturated rings. The molecule has 0 aromatic heterocycles. The maximum atomic E-state index is 11.6. The highest BCUT2D eigenvalue weighted by atomic mass is 16.5. The molecule has 0 saturated heterocycles. The van der Waals surface area contributed by atoms with Gasteiger partial charge in [0.1, 0.15) is 5.75 Å². The van der Waals surface area contributed by atoms with Gasteiger partial charge >= 0.3 is 12.0 Å². The van der Waals surface area contributed by atoms with Crippen molar-refractivity contribution in [2.75, 3.05) is 18.5 Å². The molecule has 3 N–H and O–H groups in total. The van der Waals surface area contributed by atoms with E-state index >= 15 is 0 Å². The zero-order valence-corrected chi connectivity index (χ0v) is 11.7. The number of amides is 2. The van der Waals surface area contributed by atoms with E-state index in [0.717, 1.165) is 12.0 Å². The summed E-state index contributed by atoms with van der Waals surface area (Å²) in [4.78, 5) is 22.0. The van der Waals surface area contributed by atoms with Crippen molar-refractivity contribution in [2.24, 2.45) is 0 Å². The van der Waals surface area contributed by atoms with Crippen LogP contribution >= 0.6 is 0 Å². The molecule has 0 aliphatic heterocycles. The van der Waals surface area contributed by atoms with E-state index in [4.69, 9.17) is 9.84 Å². The molecule has 0 saturated carbocycles. The zero-order valence-electron chi connectivity index (χ0n) is 11.7. The van der Waals surface area contributed by atoms with Crippen molar-refractivity contribution in [1.29, 1.82) is 0 Å². The molecule has 110 valence electrons. The molecule has 0 aliphatic rings. The number of carboxylic acid groups (broad SMARTS) is 1. The first kappa shape index (κ1) is 15.8. The zero-order chi connectivity index (χ0) is 15.0. The molecular weight excluding hydrogens is 260 g/mol. The minimum Gasteiger partial charge on any atom is -0.491 e. The van der Waals surface area contributed by atoms with Gasteiger partial charge in [-0.1, -0.05) is 13.0 Å². The third kappa shape index (κ3) is 5.60. The minimum atomic E-state index is -0.951. The molecular formula is C14H20N2O4. The van der Waals surface area contributed by atoms with E-state index in [0.29, 0.717) is 18.0 Å². The Bertz CT molecular complexity index is 474. The number of carboxylic acids is 1. The summed E-state index contributed by atoms with van der Waals surface area (Å²) in [6.45, 7) is 4.59. The van der Waals surface area contributed by atoms with E-state index in [1.54, 1.807) is 6.07 Å². The number of nitrogens with one attached hydrogen (secondary N) is 2. The van der Waals surface area contributed by atoms with Gasteiger partial charge in [-0.15, -0.1) is 0 Å². The van der Waals surface area contributed by atoms with E-state index in [9.17, 15) is 9.59 Å². The van der Waals surface area contributed by atoms with Crippen LogP contribution in [-0.4, -0.2) is 30.3 Å². The monoisotopic (exact) mass is 280 g/mol. The van der Waals surface area contributed by atoms with Crippen molar-refractivity contribution in [3.05, 3.63) is 23.8 Å². The number of benzene rings is 1. The summed E-state index contributed by atoms with van der Waals surface area (Å²) in [6.07, 6.45) is 0.763. The minimum absolute atomic E-state index is 0.0815. The van der Waals surface area contributed by atoms with Crippen molar-refractivity contribution >= 4 is 17.7 Å². The summed E-state index contributed by atoms with van der Waals surface area (Å²) in [7, 11) is 0. The third-order valence-electron chi connectivity index (χ3n) is 2.47. The second kappa shape index (κ2) is 8.04. The summed E-state index contributed by atoms with van der Waals surface area (Å²) in [5, 5.41) is 13.6. The second-order valence-corrected chi connectivity index (χ2v) is 4.37. The molecule has 1 aromatic carbocycles. The van der Waals surface area contributed by atoms with Crippen LogP contribution in [0.4, 0.5) is 10.5 Å². The first-order chi connectivity index (χ1) is 9.52. The fraction of sp³-hybridized carbons (Fsp3) is 0.429. The molecule has 6 heteroatoms. The lowest BCUT2D eigenvalue weighted by Crippen LogP contribution is -2.30. The maximum absolute atomic E-state index is 11.6. The average Bonchev–Trinajstić information content (AvgIpc) is 2.38. The fourth-order valence-electron chi connectivity index (χ4n) is 1.51.